The third-order valence-corrected chi connectivity index (χ3v) is 6.58. The largest absolute Gasteiger partial charge is 0.497 e. The molecule has 34 heavy (non-hydrogen) atoms. The summed E-state index contributed by atoms with van der Waals surface area (Å²) in [5.74, 6) is 1.89. The molecule has 0 bridgehead atoms. The molecule has 0 unspecified atom stereocenters. The van der Waals surface area contributed by atoms with Crippen molar-refractivity contribution in [1.29, 1.82) is 0 Å². The lowest BCUT2D eigenvalue weighted by atomic mass is 10.1. The van der Waals surface area contributed by atoms with E-state index < -0.39 is 0 Å². The summed E-state index contributed by atoms with van der Waals surface area (Å²) in [5, 5.41) is 4.22. The van der Waals surface area contributed by atoms with Crippen LogP contribution >= 0.6 is 11.3 Å². The lowest BCUT2D eigenvalue weighted by Crippen LogP contribution is -2.37. The molecule has 7 heteroatoms. The summed E-state index contributed by atoms with van der Waals surface area (Å²) in [6.07, 6.45) is 2.89. The normalized spacial score (nSPS) is 15.2. The zero-order valence-corrected chi connectivity index (χ0v) is 20.5. The monoisotopic (exact) mass is 481 g/mol. The Hall–Kier alpha value is -3.03. The molecule has 1 amide bonds. The first-order valence-corrected chi connectivity index (χ1v) is 12.5. The summed E-state index contributed by atoms with van der Waals surface area (Å²) in [6, 6.07) is 15.3. The summed E-state index contributed by atoms with van der Waals surface area (Å²) < 4.78 is 22.6. The lowest BCUT2D eigenvalue weighted by molar-refractivity contribution is 0.0506. The fourth-order valence-corrected chi connectivity index (χ4v) is 4.75. The maximum absolute atomic E-state index is 13.6. The Morgan fingerprint density at radius 3 is 2.56 bits per heavy atom. The standard InChI is InChI=1S/C27H31NO5S/c1-30-25-14-22(15-26(16-25)31-2)27(29)28(18-24-7-4-10-32-24)17-21-5-3-6-23(13-21)33-11-8-20-9-12-34-19-20/h3,5-6,9,12-16,19,24H,4,7-8,10-11,17-18H2,1-2H3/t24-/m1/s1. The Labute approximate surface area is 205 Å². The molecule has 0 saturated carbocycles. The molecule has 6 nitrogen and oxygen atoms in total. The number of amides is 1. The molecule has 180 valence electrons. The minimum absolute atomic E-state index is 0.0431. The summed E-state index contributed by atoms with van der Waals surface area (Å²) in [5.41, 5.74) is 2.81. The molecule has 4 rings (SSSR count). The summed E-state index contributed by atoms with van der Waals surface area (Å²) in [4.78, 5) is 15.4. The van der Waals surface area contributed by atoms with E-state index in [1.54, 1.807) is 43.8 Å². The number of carbonyl (C=O) groups excluding carboxylic acids is 1. The fourth-order valence-electron chi connectivity index (χ4n) is 4.04. The van der Waals surface area contributed by atoms with Crippen LogP contribution in [0.1, 0.15) is 34.3 Å². The van der Waals surface area contributed by atoms with E-state index in [0.717, 1.165) is 37.2 Å². The highest BCUT2D eigenvalue weighted by molar-refractivity contribution is 7.07. The van der Waals surface area contributed by atoms with Crippen molar-refractivity contribution in [3.8, 4) is 17.2 Å². The Morgan fingerprint density at radius 2 is 1.88 bits per heavy atom. The van der Waals surface area contributed by atoms with Gasteiger partial charge in [0.05, 0.1) is 26.9 Å². The van der Waals surface area contributed by atoms with Crippen molar-refractivity contribution in [2.75, 3.05) is 34.0 Å². The predicted octanol–water partition coefficient (Wildman–Crippen LogP) is 5.21. The third kappa shape index (κ3) is 6.52. The van der Waals surface area contributed by atoms with Crippen LogP contribution in [0.2, 0.25) is 0 Å². The zero-order valence-electron chi connectivity index (χ0n) is 19.7. The number of thiophene rings is 1. The van der Waals surface area contributed by atoms with Gasteiger partial charge in [0, 0.05) is 37.7 Å². The number of ether oxygens (including phenoxy) is 4. The van der Waals surface area contributed by atoms with Crippen molar-refractivity contribution in [2.45, 2.75) is 31.9 Å². The van der Waals surface area contributed by atoms with Gasteiger partial charge >= 0.3 is 0 Å². The molecule has 0 aliphatic carbocycles. The minimum atomic E-state index is -0.0866. The van der Waals surface area contributed by atoms with Crippen LogP contribution in [0.15, 0.2) is 59.3 Å². The average Bonchev–Trinajstić information content (AvgIpc) is 3.58. The van der Waals surface area contributed by atoms with Gasteiger partial charge in [0.1, 0.15) is 17.2 Å². The molecule has 0 radical (unpaired) electrons. The second-order valence-corrected chi connectivity index (χ2v) is 9.08. The van der Waals surface area contributed by atoms with Gasteiger partial charge in [-0.1, -0.05) is 12.1 Å². The van der Waals surface area contributed by atoms with Crippen LogP contribution in [0.25, 0.3) is 0 Å². The van der Waals surface area contributed by atoms with Crippen LogP contribution in [0.3, 0.4) is 0 Å². The van der Waals surface area contributed by atoms with Gasteiger partial charge in [-0.2, -0.15) is 11.3 Å². The number of nitrogens with zero attached hydrogens (tertiary/aromatic N) is 1. The Kier molecular flexibility index (Phi) is 8.44. The van der Waals surface area contributed by atoms with Gasteiger partial charge in [-0.15, -0.1) is 0 Å². The van der Waals surface area contributed by atoms with E-state index in [4.69, 9.17) is 18.9 Å². The second kappa shape index (κ2) is 11.9. The Balaban J connectivity index is 1.49. The molecule has 3 aromatic rings. The second-order valence-electron chi connectivity index (χ2n) is 8.30. The first kappa shape index (κ1) is 24.1. The first-order valence-electron chi connectivity index (χ1n) is 11.5. The maximum Gasteiger partial charge on any atom is 0.254 e. The van der Waals surface area contributed by atoms with E-state index in [-0.39, 0.29) is 12.0 Å². The van der Waals surface area contributed by atoms with Crippen LogP contribution in [0.4, 0.5) is 0 Å². The predicted molar refractivity (Wildman–Crippen MR) is 133 cm³/mol. The third-order valence-electron chi connectivity index (χ3n) is 5.85. The van der Waals surface area contributed by atoms with Gasteiger partial charge in [-0.05, 0) is 65.1 Å². The Bertz CT molecular complexity index is 1040. The van der Waals surface area contributed by atoms with E-state index >= 15 is 0 Å². The van der Waals surface area contributed by atoms with E-state index in [9.17, 15) is 4.79 Å². The molecule has 1 aromatic heterocycles. The Morgan fingerprint density at radius 1 is 1.06 bits per heavy atom. The molecule has 0 spiro atoms. The first-order chi connectivity index (χ1) is 16.6. The van der Waals surface area contributed by atoms with Crippen LogP contribution in [0.5, 0.6) is 17.2 Å². The van der Waals surface area contributed by atoms with Crippen LogP contribution < -0.4 is 14.2 Å². The molecule has 1 aliphatic rings. The van der Waals surface area contributed by atoms with Crippen LogP contribution in [0, 0.1) is 0 Å². The van der Waals surface area contributed by atoms with Crippen LogP contribution in [-0.4, -0.2) is 50.9 Å². The number of benzene rings is 2. The summed E-state index contributed by atoms with van der Waals surface area (Å²) >= 11 is 1.69. The van der Waals surface area contributed by atoms with Crippen molar-refractivity contribution >= 4 is 17.2 Å². The smallest absolute Gasteiger partial charge is 0.254 e. The molecular weight excluding hydrogens is 450 g/mol. The van der Waals surface area contributed by atoms with Gasteiger partial charge in [-0.25, -0.2) is 0 Å². The molecule has 0 N–H and O–H groups in total. The summed E-state index contributed by atoms with van der Waals surface area (Å²) in [6.45, 7) is 2.34. The van der Waals surface area contributed by atoms with Gasteiger partial charge < -0.3 is 23.8 Å². The number of hydrogen-bond donors (Lipinski definition) is 0. The molecule has 1 atom stereocenters. The van der Waals surface area contributed by atoms with Crippen LogP contribution in [-0.2, 0) is 17.7 Å². The van der Waals surface area contributed by atoms with Gasteiger partial charge in [-0.3, -0.25) is 4.79 Å². The zero-order chi connectivity index (χ0) is 23.8. The summed E-state index contributed by atoms with van der Waals surface area (Å²) in [7, 11) is 3.16. The van der Waals surface area contributed by atoms with E-state index in [1.807, 2.05) is 29.2 Å². The van der Waals surface area contributed by atoms with E-state index in [1.165, 1.54) is 5.56 Å². The van der Waals surface area contributed by atoms with Gasteiger partial charge in [0.2, 0.25) is 0 Å². The van der Waals surface area contributed by atoms with Crippen molar-refractivity contribution in [1.82, 2.24) is 4.90 Å². The van der Waals surface area contributed by atoms with Gasteiger partial charge in [0.25, 0.3) is 5.91 Å². The highest BCUT2D eigenvalue weighted by atomic mass is 32.1. The lowest BCUT2D eigenvalue weighted by Gasteiger charge is -2.26. The molecule has 1 aliphatic heterocycles. The number of rotatable bonds is 11. The topological polar surface area (TPSA) is 57.2 Å². The van der Waals surface area contributed by atoms with Crippen molar-refractivity contribution in [2.24, 2.45) is 0 Å². The average molecular weight is 482 g/mol. The van der Waals surface area contributed by atoms with Crippen molar-refractivity contribution in [3.63, 3.8) is 0 Å². The number of hydrogen-bond acceptors (Lipinski definition) is 6. The maximum atomic E-state index is 13.6. The molecule has 2 aromatic carbocycles. The molecule has 1 fully saturated rings. The highest BCUT2D eigenvalue weighted by Crippen LogP contribution is 2.25. The van der Waals surface area contributed by atoms with E-state index in [0.29, 0.717) is 36.8 Å². The highest BCUT2D eigenvalue weighted by Gasteiger charge is 2.24. The van der Waals surface area contributed by atoms with Crippen molar-refractivity contribution in [3.05, 3.63) is 76.0 Å². The number of carbonyl (C=O) groups is 1. The van der Waals surface area contributed by atoms with E-state index in [2.05, 4.69) is 16.8 Å². The van der Waals surface area contributed by atoms with Crippen molar-refractivity contribution < 1.29 is 23.7 Å². The van der Waals surface area contributed by atoms with Gasteiger partial charge in [0.15, 0.2) is 0 Å². The molecule has 2 heterocycles. The molecule has 1 saturated heterocycles. The minimum Gasteiger partial charge on any atom is -0.497 e. The quantitative estimate of drug-likeness (QED) is 0.376. The number of methoxy groups -OCH3 is 2. The fraction of sp³-hybridized carbons (Fsp3) is 0.370. The SMILES string of the molecule is COc1cc(OC)cc(C(=O)N(Cc2cccc(OCCc3ccsc3)c2)C[C@H]2CCCO2)c1. The molecular formula is C27H31NO5S.